The second-order valence-electron chi connectivity index (χ2n) is 13.4. The molecule has 3 saturated carbocycles. The Morgan fingerprint density at radius 2 is 1.89 bits per heavy atom. The van der Waals surface area contributed by atoms with Crippen LogP contribution in [0.3, 0.4) is 0 Å². The van der Waals surface area contributed by atoms with Crippen molar-refractivity contribution >= 4 is 11.8 Å². The fraction of sp³-hybridized carbons (Fsp3) is 0.806. The highest BCUT2D eigenvalue weighted by molar-refractivity contribution is 5.94. The Kier molecular flexibility index (Phi) is 8.15. The average Bonchev–Trinajstić information content (AvgIpc) is 3.06. The van der Waals surface area contributed by atoms with E-state index in [2.05, 4.69) is 34.6 Å². The van der Waals surface area contributed by atoms with Crippen LogP contribution in [0.2, 0.25) is 0 Å². The van der Waals surface area contributed by atoms with Crippen LogP contribution in [-0.2, 0) is 14.3 Å². The maximum atomic E-state index is 13.7. The lowest BCUT2D eigenvalue weighted by atomic mass is 9.45. The number of carbonyl (C=O) groups excluding carboxylic acids is 2. The van der Waals surface area contributed by atoms with E-state index in [1.54, 1.807) is 6.08 Å². The minimum atomic E-state index is -0.616. The Balaban J connectivity index is 1.60. The molecule has 0 amide bonds. The average molecular weight is 517 g/mol. The van der Waals surface area contributed by atoms with Crippen LogP contribution in [0.1, 0.15) is 86.5 Å². The molecule has 0 aromatic rings. The second kappa shape index (κ2) is 10.6. The second-order valence-corrected chi connectivity index (χ2v) is 13.4. The minimum Gasteiger partial charge on any atom is -0.462 e. The molecule has 4 rings (SSSR count). The van der Waals surface area contributed by atoms with Crippen molar-refractivity contribution in [3.63, 3.8) is 0 Å². The standard InChI is InChI=1S/C31H48O6/c1-17(2)20(10-12-32)8-7-18(3)23-15-25(35)28-27-24(34)14-21-13-22(37-19(4)33)9-11-30(21,5)29(27)26(36)16-31(23,28)6/h10,14,17-18,22-23,25-29,32,35-36H,7-9,11-13,15-16H2,1-6H3/b20-10+/t18-,22+,23?,25-,26-,27?,28?,29?,30+,31-/m1/s1. The molecular weight excluding hydrogens is 468 g/mol. The van der Waals surface area contributed by atoms with E-state index in [0.29, 0.717) is 31.1 Å². The van der Waals surface area contributed by atoms with Gasteiger partial charge in [0.25, 0.3) is 0 Å². The number of carbonyl (C=O) groups is 2. The molecule has 208 valence electrons. The summed E-state index contributed by atoms with van der Waals surface area (Å²) in [5, 5.41) is 32.6. The van der Waals surface area contributed by atoms with Gasteiger partial charge in [-0.05, 0) is 73.2 Å². The van der Waals surface area contributed by atoms with Gasteiger partial charge in [0.15, 0.2) is 5.78 Å². The van der Waals surface area contributed by atoms with Gasteiger partial charge in [-0.15, -0.1) is 0 Å². The number of hydrogen-bond donors (Lipinski definition) is 3. The van der Waals surface area contributed by atoms with Gasteiger partial charge in [-0.2, -0.15) is 0 Å². The Morgan fingerprint density at radius 3 is 2.51 bits per heavy atom. The lowest BCUT2D eigenvalue weighted by molar-refractivity contribution is -0.164. The Labute approximate surface area is 222 Å². The SMILES string of the molecule is CC(=O)O[C@H]1CC[C@@]2(C)C(=CC(=O)C3C4[C@H](O)CC([C@H](C)CC/C(=C\CO)C(C)C)[C@@]4(C)C[C@@H](O)C32)C1. The summed E-state index contributed by atoms with van der Waals surface area (Å²) >= 11 is 0. The van der Waals surface area contributed by atoms with Gasteiger partial charge in [0.2, 0.25) is 0 Å². The number of ketones is 1. The number of aliphatic hydroxyl groups excluding tert-OH is 3. The number of fused-ring (bicyclic) bond motifs is 5. The van der Waals surface area contributed by atoms with Gasteiger partial charge >= 0.3 is 5.97 Å². The topological polar surface area (TPSA) is 104 Å². The lowest BCUT2D eigenvalue weighted by Crippen LogP contribution is -2.60. The maximum Gasteiger partial charge on any atom is 0.302 e. The Bertz CT molecular complexity index is 951. The molecule has 4 unspecified atom stereocenters. The van der Waals surface area contributed by atoms with Gasteiger partial charge in [0, 0.05) is 31.1 Å². The zero-order valence-electron chi connectivity index (χ0n) is 23.6. The summed E-state index contributed by atoms with van der Waals surface area (Å²) < 4.78 is 5.48. The molecule has 0 spiro atoms. The first-order chi connectivity index (χ1) is 17.3. The Morgan fingerprint density at radius 1 is 1.19 bits per heavy atom. The van der Waals surface area contributed by atoms with E-state index in [1.165, 1.54) is 12.5 Å². The van der Waals surface area contributed by atoms with Crippen molar-refractivity contribution < 1.29 is 29.6 Å². The van der Waals surface area contributed by atoms with Crippen molar-refractivity contribution in [3.8, 4) is 0 Å². The summed E-state index contributed by atoms with van der Waals surface area (Å²) in [6.07, 6.45) is 7.45. The van der Waals surface area contributed by atoms with Crippen LogP contribution in [0.4, 0.5) is 0 Å². The van der Waals surface area contributed by atoms with Gasteiger partial charge in [-0.3, -0.25) is 9.59 Å². The fourth-order valence-corrected chi connectivity index (χ4v) is 9.15. The van der Waals surface area contributed by atoms with Crippen LogP contribution >= 0.6 is 0 Å². The minimum absolute atomic E-state index is 0.0243. The van der Waals surface area contributed by atoms with Gasteiger partial charge in [-0.25, -0.2) is 0 Å². The predicted octanol–water partition coefficient (Wildman–Crippen LogP) is 4.61. The first kappa shape index (κ1) is 28.5. The highest BCUT2D eigenvalue weighted by atomic mass is 16.5. The molecule has 0 bridgehead atoms. The zero-order chi connectivity index (χ0) is 27.3. The molecule has 0 radical (unpaired) electrons. The number of ether oxygens (including phenoxy) is 1. The van der Waals surface area contributed by atoms with Crippen molar-refractivity contribution in [2.24, 2.45) is 46.3 Å². The molecule has 3 N–H and O–H groups in total. The smallest absolute Gasteiger partial charge is 0.302 e. The highest BCUT2D eigenvalue weighted by Gasteiger charge is 2.66. The molecule has 4 aliphatic rings. The van der Waals surface area contributed by atoms with E-state index in [-0.39, 0.29) is 59.0 Å². The van der Waals surface area contributed by atoms with Crippen LogP contribution < -0.4 is 0 Å². The Hall–Kier alpha value is -1.50. The molecule has 0 aromatic carbocycles. The normalized spacial score (nSPS) is 42.5. The number of rotatable bonds is 7. The van der Waals surface area contributed by atoms with Crippen molar-refractivity contribution in [1.82, 2.24) is 0 Å². The number of hydrogen-bond acceptors (Lipinski definition) is 6. The quantitative estimate of drug-likeness (QED) is 0.337. The molecular formula is C31H48O6. The lowest BCUT2D eigenvalue weighted by Gasteiger charge is -2.59. The maximum absolute atomic E-state index is 13.7. The summed E-state index contributed by atoms with van der Waals surface area (Å²) in [5.41, 5.74) is 1.61. The molecule has 0 saturated heterocycles. The molecule has 6 nitrogen and oxygen atoms in total. The molecule has 10 atom stereocenters. The van der Waals surface area contributed by atoms with Crippen LogP contribution in [0.5, 0.6) is 0 Å². The van der Waals surface area contributed by atoms with Crippen LogP contribution in [0.15, 0.2) is 23.3 Å². The van der Waals surface area contributed by atoms with Crippen molar-refractivity contribution in [1.29, 1.82) is 0 Å². The van der Waals surface area contributed by atoms with E-state index in [9.17, 15) is 24.9 Å². The van der Waals surface area contributed by atoms with Crippen molar-refractivity contribution in [3.05, 3.63) is 23.3 Å². The molecule has 0 aromatic heterocycles. The molecule has 0 heterocycles. The van der Waals surface area contributed by atoms with E-state index in [1.807, 2.05) is 6.08 Å². The number of aliphatic hydroxyl groups is 3. The van der Waals surface area contributed by atoms with Crippen LogP contribution in [0.25, 0.3) is 0 Å². The van der Waals surface area contributed by atoms with Gasteiger partial charge < -0.3 is 20.1 Å². The fourth-order valence-electron chi connectivity index (χ4n) is 9.15. The largest absolute Gasteiger partial charge is 0.462 e. The molecule has 3 fully saturated rings. The van der Waals surface area contributed by atoms with E-state index < -0.39 is 12.2 Å². The first-order valence-electron chi connectivity index (χ1n) is 14.4. The monoisotopic (exact) mass is 516 g/mol. The highest BCUT2D eigenvalue weighted by Crippen LogP contribution is 2.66. The number of esters is 1. The van der Waals surface area contributed by atoms with Gasteiger partial charge in [-0.1, -0.05) is 51.8 Å². The third-order valence-corrected chi connectivity index (χ3v) is 10.9. The summed E-state index contributed by atoms with van der Waals surface area (Å²) in [5.74, 6) is -0.128. The summed E-state index contributed by atoms with van der Waals surface area (Å²) in [7, 11) is 0. The van der Waals surface area contributed by atoms with E-state index >= 15 is 0 Å². The third kappa shape index (κ3) is 4.98. The van der Waals surface area contributed by atoms with Gasteiger partial charge in [0.05, 0.1) is 18.8 Å². The van der Waals surface area contributed by atoms with E-state index in [4.69, 9.17) is 4.74 Å². The van der Waals surface area contributed by atoms with Crippen LogP contribution in [-0.4, -0.2) is 52.0 Å². The number of allylic oxidation sites excluding steroid dienone is 2. The summed E-state index contributed by atoms with van der Waals surface area (Å²) in [4.78, 5) is 25.3. The summed E-state index contributed by atoms with van der Waals surface area (Å²) in [6.45, 7) is 12.4. The van der Waals surface area contributed by atoms with Crippen molar-refractivity contribution in [2.45, 2.75) is 105 Å². The van der Waals surface area contributed by atoms with Crippen LogP contribution in [0, 0.1) is 46.3 Å². The third-order valence-electron chi connectivity index (χ3n) is 10.9. The molecule has 6 heteroatoms. The predicted molar refractivity (Wildman–Crippen MR) is 142 cm³/mol. The molecule has 37 heavy (non-hydrogen) atoms. The molecule has 0 aliphatic heterocycles. The van der Waals surface area contributed by atoms with Gasteiger partial charge in [0.1, 0.15) is 6.10 Å². The summed E-state index contributed by atoms with van der Waals surface area (Å²) in [6, 6.07) is 0. The molecule has 4 aliphatic carbocycles. The zero-order valence-corrected chi connectivity index (χ0v) is 23.6. The van der Waals surface area contributed by atoms with E-state index in [0.717, 1.165) is 31.3 Å². The first-order valence-corrected chi connectivity index (χ1v) is 14.4. The van der Waals surface area contributed by atoms with Crippen molar-refractivity contribution in [2.75, 3.05) is 6.61 Å².